The lowest BCUT2D eigenvalue weighted by atomic mass is 10.1. The van der Waals surface area contributed by atoms with Gasteiger partial charge in [0.1, 0.15) is 5.82 Å². The molecule has 0 aromatic heterocycles. The maximum atomic E-state index is 13.6. The van der Waals surface area contributed by atoms with Gasteiger partial charge in [-0.05, 0) is 18.9 Å². The Hall–Kier alpha value is -1.36. The van der Waals surface area contributed by atoms with Crippen LogP contribution >= 0.6 is 11.8 Å². The van der Waals surface area contributed by atoms with Gasteiger partial charge in [-0.2, -0.15) is 4.99 Å². The molecule has 3 nitrogen and oxygen atoms in total. The number of amides is 1. The van der Waals surface area contributed by atoms with Gasteiger partial charge in [0, 0.05) is 5.56 Å². The number of amidine groups is 1. The maximum absolute atomic E-state index is 13.6. The molecule has 1 unspecified atom stereocenters. The highest BCUT2D eigenvalue weighted by Gasteiger charge is 2.31. The van der Waals surface area contributed by atoms with E-state index in [1.54, 1.807) is 18.2 Å². The molecule has 1 aromatic rings. The van der Waals surface area contributed by atoms with Crippen molar-refractivity contribution in [3.63, 3.8) is 0 Å². The van der Waals surface area contributed by atoms with Crippen molar-refractivity contribution in [1.29, 1.82) is 0 Å². The molecule has 0 aliphatic carbocycles. The zero-order chi connectivity index (χ0) is 14.0. The largest absolute Gasteiger partial charge is 0.358 e. The second-order valence-electron chi connectivity index (χ2n) is 4.93. The molecule has 1 N–H and O–H groups in total. The number of nitrogens with one attached hydrogen (secondary N) is 1. The van der Waals surface area contributed by atoms with Crippen LogP contribution in [0.4, 0.5) is 4.39 Å². The lowest BCUT2D eigenvalue weighted by Crippen LogP contribution is -2.24. The van der Waals surface area contributed by atoms with Crippen LogP contribution in [-0.2, 0) is 4.79 Å². The number of nitrogens with zero attached hydrogens (tertiary/aromatic N) is 1. The summed E-state index contributed by atoms with van der Waals surface area (Å²) >= 11 is 1.42. The number of aliphatic imine (C=N–C) groups is 1. The summed E-state index contributed by atoms with van der Waals surface area (Å²) in [7, 11) is 0. The number of rotatable bonds is 3. The van der Waals surface area contributed by atoms with Crippen molar-refractivity contribution in [2.75, 3.05) is 0 Å². The molecule has 5 heteroatoms. The van der Waals surface area contributed by atoms with Crippen LogP contribution in [0.5, 0.6) is 0 Å². The third kappa shape index (κ3) is 3.15. The topological polar surface area (TPSA) is 41.5 Å². The van der Waals surface area contributed by atoms with Gasteiger partial charge in [0.15, 0.2) is 5.17 Å². The first-order valence-corrected chi connectivity index (χ1v) is 7.17. The van der Waals surface area contributed by atoms with Crippen LogP contribution in [0.3, 0.4) is 0 Å². The summed E-state index contributed by atoms with van der Waals surface area (Å²) in [6.45, 7) is 5.84. The number of benzene rings is 1. The fourth-order valence-corrected chi connectivity index (χ4v) is 2.99. The van der Waals surface area contributed by atoms with E-state index < -0.39 is 0 Å². The Morgan fingerprint density at radius 2 is 2.00 bits per heavy atom. The normalized spacial score (nSPS) is 20.6. The molecule has 19 heavy (non-hydrogen) atoms. The molecule has 1 aliphatic rings. The highest BCUT2D eigenvalue weighted by atomic mass is 32.2. The fourth-order valence-electron chi connectivity index (χ4n) is 1.94. The van der Waals surface area contributed by atoms with Crippen LogP contribution in [0.25, 0.3) is 0 Å². The van der Waals surface area contributed by atoms with Crippen LogP contribution in [0.1, 0.15) is 32.4 Å². The second-order valence-corrected chi connectivity index (χ2v) is 6.06. The summed E-state index contributed by atoms with van der Waals surface area (Å²) in [4.78, 5) is 15.7. The average molecular weight is 280 g/mol. The molecular formula is C14H17FN2OS. The van der Waals surface area contributed by atoms with Crippen LogP contribution in [0, 0.1) is 11.7 Å². The van der Waals surface area contributed by atoms with E-state index in [9.17, 15) is 9.18 Å². The van der Waals surface area contributed by atoms with E-state index >= 15 is 0 Å². The predicted molar refractivity (Wildman–Crippen MR) is 76.6 cm³/mol. The Balaban J connectivity index is 2.05. The molecule has 0 fully saturated rings. The third-order valence-corrected chi connectivity index (χ3v) is 4.44. The Kier molecular flexibility index (Phi) is 4.24. The Bertz CT molecular complexity index is 516. The number of hydrogen-bond donors (Lipinski definition) is 1. The molecule has 0 saturated carbocycles. The van der Waals surface area contributed by atoms with Crippen LogP contribution in [0.2, 0.25) is 0 Å². The summed E-state index contributed by atoms with van der Waals surface area (Å²) in [5.74, 6) is -0.120. The molecule has 1 heterocycles. The van der Waals surface area contributed by atoms with Gasteiger partial charge < -0.3 is 5.32 Å². The molecule has 0 saturated heterocycles. The van der Waals surface area contributed by atoms with Crippen molar-refractivity contribution < 1.29 is 9.18 Å². The van der Waals surface area contributed by atoms with Gasteiger partial charge in [0.25, 0.3) is 5.91 Å². The van der Waals surface area contributed by atoms with E-state index in [2.05, 4.69) is 10.3 Å². The van der Waals surface area contributed by atoms with E-state index in [1.165, 1.54) is 17.8 Å². The van der Waals surface area contributed by atoms with Gasteiger partial charge in [-0.15, -0.1) is 0 Å². The summed E-state index contributed by atoms with van der Waals surface area (Å²) in [5.41, 5.74) is 0.575. The Labute approximate surface area is 116 Å². The molecule has 0 spiro atoms. The van der Waals surface area contributed by atoms with E-state index in [1.807, 2.05) is 20.8 Å². The summed E-state index contributed by atoms with van der Waals surface area (Å²) in [6, 6.07) is 6.40. The standard InChI is InChI=1S/C14H17FN2OS/c1-8(2)12-13(18)17-14(19-12)16-9(3)10-6-4-5-7-11(10)15/h4-9,12H,1-3H3,(H,16,17,18)/t9-,12?/m1/s1. The van der Waals surface area contributed by atoms with E-state index in [0.717, 1.165) is 0 Å². The lowest BCUT2D eigenvalue weighted by Gasteiger charge is -2.16. The van der Waals surface area contributed by atoms with Crippen molar-refractivity contribution in [2.45, 2.75) is 32.1 Å². The quantitative estimate of drug-likeness (QED) is 0.925. The molecule has 2 rings (SSSR count). The Morgan fingerprint density at radius 3 is 2.58 bits per heavy atom. The van der Waals surface area contributed by atoms with Crippen molar-refractivity contribution >= 4 is 22.8 Å². The van der Waals surface area contributed by atoms with E-state index in [0.29, 0.717) is 10.7 Å². The first-order chi connectivity index (χ1) is 8.99. The summed E-state index contributed by atoms with van der Waals surface area (Å²) in [6.07, 6.45) is 0. The van der Waals surface area contributed by atoms with Gasteiger partial charge >= 0.3 is 0 Å². The molecule has 102 valence electrons. The van der Waals surface area contributed by atoms with Gasteiger partial charge in [-0.3, -0.25) is 4.79 Å². The zero-order valence-corrected chi connectivity index (χ0v) is 12.0. The third-order valence-electron chi connectivity index (χ3n) is 3.01. The van der Waals surface area contributed by atoms with Crippen molar-refractivity contribution in [3.05, 3.63) is 35.6 Å². The van der Waals surface area contributed by atoms with Crippen LogP contribution < -0.4 is 5.32 Å². The monoisotopic (exact) mass is 280 g/mol. The number of halogens is 1. The first kappa shape index (κ1) is 14.1. The van der Waals surface area contributed by atoms with Crippen molar-refractivity contribution in [2.24, 2.45) is 10.9 Å². The number of thioether (sulfide) groups is 1. The van der Waals surface area contributed by atoms with Gasteiger partial charge in [-0.25, -0.2) is 4.39 Å². The summed E-state index contributed by atoms with van der Waals surface area (Å²) < 4.78 is 13.6. The van der Waals surface area contributed by atoms with Gasteiger partial charge in [0.2, 0.25) is 0 Å². The average Bonchev–Trinajstić information content (AvgIpc) is 2.70. The van der Waals surface area contributed by atoms with Crippen LogP contribution in [0.15, 0.2) is 29.3 Å². The minimum absolute atomic E-state index is 0.108. The molecular weight excluding hydrogens is 263 g/mol. The van der Waals surface area contributed by atoms with Crippen molar-refractivity contribution in [1.82, 2.24) is 5.32 Å². The number of carbonyl (C=O) groups excluding carboxylic acids is 1. The van der Waals surface area contributed by atoms with Gasteiger partial charge in [-0.1, -0.05) is 43.8 Å². The number of carbonyl (C=O) groups is 1. The molecule has 0 radical (unpaired) electrons. The highest BCUT2D eigenvalue weighted by Crippen LogP contribution is 2.28. The molecule has 1 aromatic carbocycles. The Morgan fingerprint density at radius 1 is 1.32 bits per heavy atom. The highest BCUT2D eigenvalue weighted by molar-refractivity contribution is 8.15. The summed E-state index contributed by atoms with van der Waals surface area (Å²) in [5, 5.41) is 3.56. The second kappa shape index (κ2) is 5.74. The smallest absolute Gasteiger partial charge is 0.261 e. The lowest BCUT2D eigenvalue weighted by molar-refractivity contribution is -0.117. The van der Waals surface area contributed by atoms with Crippen molar-refractivity contribution in [3.8, 4) is 0 Å². The fraction of sp³-hybridized carbons (Fsp3) is 0.429. The molecule has 0 bridgehead atoms. The van der Waals surface area contributed by atoms with Gasteiger partial charge in [0.05, 0.1) is 11.3 Å². The zero-order valence-electron chi connectivity index (χ0n) is 11.2. The minimum atomic E-state index is -0.252. The molecule has 1 amide bonds. The first-order valence-electron chi connectivity index (χ1n) is 6.29. The van der Waals surface area contributed by atoms with Crippen LogP contribution in [-0.4, -0.2) is 16.3 Å². The predicted octanol–water partition coefficient (Wildman–Crippen LogP) is 3.13. The maximum Gasteiger partial charge on any atom is 0.261 e. The number of hydrogen-bond acceptors (Lipinski definition) is 3. The van der Waals surface area contributed by atoms with E-state index in [-0.39, 0.29) is 28.9 Å². The van der Waals surface area contributed by atoms with E-state index in [4.69, 9.17) is 0 Å². The molecule has 1 aliphatic heterocycles. The molecule has 2 atom stereocenters. The SMILES string of the molecule is CC(C)C1SC(N[C@H](C)c2ccccc2F)=NC1=O. The minimum Gasteiger partial charge on any atom is -0.358 e.